The third-order valence-electron chi connectivity index (χ3n) is 8.11. The molecule has 0 unspecified atom stereocenters. The number of aryl methyl sites for hydroxylation is 2. The van der Waals surface area contributed by atoms with Gasteiger partial charge >= 0.3 is 0 Å². The van der Waals surface area contributed by atoms with E-state index in [-0.39, 0.29) is 36.3 Å². The monoisotopic (exact) mass is 470 g/mol. The van der Waals surface area contributed by atoms with Crippen molar-refractivity contribution in [2.24, 2.45) is 11.8 Å². The van der Waals surface area contributed by atoms with Crippen molar-refractivity contribution < 1.29 is 19.1 Å². The molecular formula is C29H30N2O4. The van der Waals surface area contributed by atoms with Crippen molar-refractivity contribution in [1.82, 2.24) is 4.90 Å². The number of carbonyl (C=O) groups excluding carboxylic acids is 3. The van der Waals surface area contributed by atoms with Crippen molar-refractivity contribution in [2.45, 2.75) is 51.8 Å². The molecule has 0 radical (unpaired) electrons. The normalized spacial score (nSPS) is 29.2. The minimum Gasteiger partial charge on any atom is -0.376 e. The molecule has 35 heavy (non-hydrogen) atoms. The van der Waals surface area contributed by atoms with Crippen LogP contribution in [0.3, 0.4) is 0 Å². The second-order valence-electron chi connectivity index (χ2n) is 10.4. The van der Waals surface area contributed by atoms with Gasteiger partial charge in [-0.05, 0) is 51.3 Å². The smallest absolute Gasteiger partial charge is 0.235 e. The van der Waals surface area contributed by atoms with Crippen molar-refractivity contribution in [1.29, 1.82) is 0 Å². The Morgan fingerprint density at radius 1 is 0.971 bits per heavy atom. The van der Waals surface area contributed by atoms with E-state index in [1.807, 2.05) is 57.2 Å². The Bertz CT molecular complexity index is 1260. The summed E-state index contributed by atoms with van der Waals surface area (Å²) in [6.07, 6.45) is 3.76. The molecule has 6 rings (SSSR count). The number of hydrogen-bond acceptors (Lipinski definition) is 5. The van der Waals surface area contributed by atoms with Gasteiger partial charge in [0.2, 0.25) is 11.8 Å². The third kappa shape index (κ3) is 3.38. The molecule has 6 heteroatoms. The van der Waals surface area contributed by atoms with Gasteiger partial charge in [-0.25, -0.2) is 0 Å². The van der Waals surface area contributed by atoms with Crippen molar-refractivity contribution in [3.05, 3.63) is 70.8 Å². The van der Waals surface area contributed by atoms with Crippen LogP contribution in [0.1, 0.15) is 46.8 Å². The highest BCUT2D eigenvalue weighted by atomic mass is 16.5. The predicted molar refractivity (Wildman–Crippen MR) is 133 cm³/mol. The Morgan fingerprint density at radius 2 is 1.69 bits per heavy atom. The standard InChI is InChI=1S/C29H30N2O4/c1-16-6-9-19(10-7-16)27(32)26-25-24(28(33)30(29(25)34)15-20-5-4-12-35-20)23-14-18(3)21-13-17(2)8-11-22(21)31(23)26/h6-11,13-14,20,23-26H,4-5,12,15H2,1-3H3/t20-,23+,24+,25-,26+/m0/s1. The molecule has 5 atom stereocenters. The van der Waals surface area contributed by atoms with Gasteiger partial charge in [-0.1, -0.05) is 47.5 Å². The Hall–Kier alpha value is -3.25. The first-order valence-electron chi connectivity index (χ1n) is 12.5. The van der Waals surface area contributed by atoms with Crippen LogP contribution >= 0.6 is 0 Å². The van der Waals surface area contributed by atoms with Crippen LogP contribution in [0.4, 0.5) is 5.69 Å². The zero-order valence-corrected chi connectivity index (χ0v) is 20.4. The molecule has 6 nitrogen and oxygen atoms in total. The molecule has 180 valence electrons. The first kappa shape index (κ1) is 22.2. The fourth-order valence-electron chi connectivity index (χ4n) is 6.38. The summed E-state index contributed by atoms with van der Waals surface area (Å²) in [4.78, 5) is 45.1. The summed E-state index contributed by atoms with van der Waals surface area (Å²) in [7, 11) is 0. The third-order valence-corrected chi connectivity index (χ3v) is 8.11. The van der Waals surface area contributed by atoms with E-state index in [1.165, 1.54) is 4.90 Å². The van der Waals surface area contributed by atoms with E-state index in [0.717, 1.165) is 40.8 Å². The summed E-state index contributed by atoms with van der Waals surface area (Å²) in [5.74, 6) is -1.81. The maximum Gasteiger partial charge on any atom is 0.235 e. The number of Topliss-reactive ketones (excluding diaryl/α,β-unsaturated/α-hetero) is 1. The van der Waals surface area contributed by atoms with Crippen LogP contribution in [0.15, 0.2) is 48.5 Å². The maximum atomic E-state index is 14.0. The van der Waals surface area contributed by atoms with E-state index >= 15 is 0 Å². The highest BCUT2D eigenvalue weighted by molar-refractivity contribution is 6.14. The highest BCUT2D eigenvalue weighted by Gasteiger charge is 2.64. The Balaban J connectivity index is 1.46. The van der Waals surface area contributed by atoms with Gasteiger partial charge in [0.15, 0.2) is 5.78 Å². The quantitative estimate of drug-likeness (QED) is 0.500. The number of carbonyl (C=O) groups is 3. The van der Waals surface area contributed by atoms with Gasteiger partial charge < -0.3 is 9.64 Å². The number of likely N-dealkylation sites (tertiary alicyclic amines) is 1. The number of anilines is 1. The molecule has 2 aromatic rings. The van der Waals surface area contributed by atoms with E-state index in [9.17, 15) is 14.4 Å². The van der Waals surface area contributed by atoms with Crippen molar-refractivity contribution in [2.75, 3.05) is 18.1 Å². The molecule has 4 aliphatic heterocycles. The summed E-state index contributed by atoms with van der Waals surface area (Å²) in [5.41, 5.74) is 5.81. The fraction of sp³-hybridized carbons (Fsp3) is 0.414. The molecule has 0 aliphatic carbocycles. The van der Waals surface area contributed by atoms with Gasteiger partial charge in [0.25, 0.3) is 0 Å². The molecule has 0 N–H and O–H groups in total. The zero-order valence-electron chi connectivity index (χ0n) is 20.4. The number of ketones is 1. The van der Waals surface area contributed by atoms with Crippen molar-refractivity contribution in [3.8, 4) is 0 Å². The molecule has 4 aliphatic rings. The van der Waals surface area contributed by atoms with Crippen LogP contribution in [0.25, 0.3) is 5.57 Å². The number of nitrogens with zero attached hydrogens (tertiary/aromatic N) is 2. The molecule has 4 heterocycles. The first-order valence-corrected chi connectivity index (χ1v) is 12.5. The Kier molecular flexibility index (Phi) is 5.18. The van der Waals surface area contributed by atoms with Gasteiger partial charge in [-0.15, -0.1) is 0 Å². The fourth-order valence-corrected chi connectivity index (χ4v) is 6.38. The maximum absolute atomic E-state index is 14.0. The minimum atomic E-state index is -0.732. The van der Waals surface area contributed by atoms with Crippen LogP contribution < -0.4 is 4.90 Å². The van der Waals surface area contributed by atoms with E-state index in [0.29, 0.717) is 12.2 Å². The van der Waals surface area contributed by atoms with Gasteiger partial charge in [-0.2, -0.15) is 0 Å². The predicted octanol–water partition coefficient (Wildman–Crippen LogP) is 3.94. The lowest BCUT2D eigenvalue weighted by molar-refractivity contribution is -0.142. The summed E-state index contributed by atoms with van der Waals surface area (Å²) < 4.78 is 5.73. The largest absolute Gasteiger partial charge is 0.376 e. The number of amides is 2. The van der Waals surface area contributed by atoms with Gasteiger partial charge in [0.1, 0.15) is 6.04 Å². The second kappa shape index (κ2) is 8.16. The van der Waals surface area contributed by atoms with Gasteiger partial charge in [0, 0.05) is 23.4 Å². The van der Waals surface area contributed by atoms with E-state index in [2.05, 4.69) is 17.0 Å². The topological polar surface area (TPSA) is 66.9 Å². The molecule has 2 amide bonds. The zero-order chi connectivity index (χ0) is 24.4. The number of imide groups is 1. The van der Waals surface area contributed by atoms with Gasteiger partial charge in [-0.3, -0.25) is 19.3 Å². The number of fused-ring (bicyclic) bond motifs is 5. The highest BCUT2D eigenvalue weighted by Crippen LogP contribution is 2.50. The summed E-state index contributed by atoms with van der Waals surface area (Å²) in [6, 6.07) is 12.6. The number of benzene rings is 2. The van der Waals surface area contributed by atoms with Crippen molar-refractivity contribution >= 4 is 28.9 Å². The van der Waals surface area contributed by atoms with E-state index in [4.69, 9.17) is 4.74 Å². The Labute approximate surface area is 205 Å². The van der Waals surface area contributed by atoms with Crippen LogP contribution in [0, 0.1) is 25.7 Å². The average Bonchev–Trinajstić information content (AvgIpc) is 3.53. The molecule has 0 spiro atoms. The lowest BCUT2D eigenvalue weighted by Gasteiger charge is -2.38. The lowest BCUT2D eigenvalue weighted by Crippen LogP contribution is -2.50. The molecule has 3 saturated heterocycles. The Morgan fingerprint density at radius 3 is 2.40 bits per heavy atom. The number of rotatable bonds is 4. The van der Waals surface area contributed by atoms with Crippen LogP contribution in [-0.4, -0.2) is 53.8 Å². The van der Waals surface area contributed by atoms with Crippen LogP contribution in [0.5, 0.6) is 0 Å². The number of allylic oxidation sites excluding steroid dienone is 1. The summed E-state index contributed by atoms with van der Waals surface area (Å²) in [6.45, 7) is 7.02. The second-order valence-corrected chi connectivity index (χ2v) is 10.4. The van der Waals surface area contributed by atoms with Crippen LogP contribution in [0.2, 0.25) is 0 Å². The van der Waals surface area contributed by atoms with Crippen LogP contribution in [-0.2, 0) is 14.3 Å². The van der Waals surface area contributed by atoms with Crippen molar-refractivity contribution in [3.63, 3.8) is 0 Å². The molecular weight excluding hydrogens is 440 g/mol. The molecule has 2 aromatic carbocycles. The summed E-state index contributed by atoms with van der Waals surface area (Å²) >= 11 is 0. The summed E-state index contributed by atoms with van der Waals surface area (Å²) in [5, 5.41) is 0. The van der Waals surface area contributed by atoms with E-state index in [1.54, 1.807) is 0 Å². The molecule has 0 aromatic heterocycles. The molecule has 0 bridgehead atoms. The van der Waals surface area contributed by atoms with Gasteiger partial charge in [0.05, 0.1) is 30.5 Å². The molecule has 0 saturated carbocycles. The molecule has 3 fully saturated rings. The number of hydrogen-bond donors (Lipinski definition) is 0. The lowest BCUT2D eigenvalue weighted by atomic mass is 9.85. The average molecular weight is 471 g/mol. The SMILES string of the molecule is CC1=C[C@@H]2[C@H]3C(=O)N(C[C@@H]4CCCO4)C(=O)[C@@H]3[C@H](C(=O)c3ccc(C)cc3)N2c2ccc(C)cc21. The number of ether oxygens (including phenoxy) is 1. The minimum absolute atomic E-state index is 0.109. The first-order chi connectivity index (χ1) is 16.8. The van der Waals surface area contributed by atoms with E-state index < -0.39 is 17.9 Å².